The van der Waals surface area contributed by atoms with Gasteiger partial charge in [-0.15, -0.1) is 0 Å². The SMILES string of the molecule is O=C(O)c1cccc(NC2CCN(Cc3ccccc3)C2)n1. The van der Waals surface area contributed by atoms with Crippen LogP contribution < -0.4 is 5.32 Å². The molecule has 2 aromatic rings. The number of hydrogen-bond donors (Lipinski definition) is 2. The first kappa shape index (κ1) is 14.5. The molecule has 1 aliphatic heterocycles. The Morgan fingerprint density at radius 3 is 2.82 bits per heavy atom. The van der Waals surface area contributed by atoms with Gasteiger partial charge in [0, 0.05) is 25.7 Å². The third kappa shape index (κ3) is 3.62. The molecule has 22 heavy (non-hydrogen) atoms. The number of likely N-dealkylation sites (tertiary alicyclic amines) is 1. The molecule has 2 N–H and O–H groups in total. The van der Waals surface area contributed by atoms with Gasteiger partial charge in [0.05, 0.1) is 0 Å². The van der Waals surface area contributed by atoms with Gasteiger partial charge in [-0.3, -0.25) is 4.90 Å². The minimum Gasteiger partial charge on any atom is -0.477 e. The predicted octanol–water partition coefficient (Wildman–Crippen LogP) is 2.47. The van der Waals surface area contributed by atoms with Gasteiger partial charge >= 0.3 is 5.97 Å². The van der Waals surface area contributed by atoms with Gasteiger partial charge in [0.2, 0.25) is 0 Å². The molecule has 3 rings (SSSR count). The molecule has 1 atom stereocenters. The summed E-state index contributed by atoms with van der Waals surface area (Å²) < 4.78 is 0. The summed E-state index contributed by atoms with van der Waals surface area (Å²) in [5.74, 6) is -0.368. The fourth-order valence-corrected chi connectivity index (χ4v) is 2.78. The zero-order valence-corrected chi connectivity index (χ0v) is 12.3. The number of aromatic carboxylic acids is 1. The molecule has 0 spiro atoms. The van der Waals surface area contributed by atoms with Gasteiger partial charge in [0.15, 0.2) is 5.69 Å². The Morgan fingerprint density at radius 1 is 1.23 bits per heavy atom. The lowest BCUT2D eigenvalue weighted by atomic mass is 10.2. The summed E-state index contributed by atoms with van der Waals surface area (Å²) in [6.07, 6.45) is 1.03. The number of carboxylic acid groups (broad SMARTS) is 1. The number of benzene rings is 1. The van der Waals surface area contributed by atoms with Crippen molar-refractivity contribution in [2.24, 2.45) is 0 Å². The van der Waals surface area contributed by atoms with Crippen LogP contribution in [0, 0.1) is 0 Å². The predicted molar refractivity (Wildman–Crippen MR) is 84.9 cm³/mol. The van der Waals surface area contributed by atoms with Crippen molar-refractivity contribution in [3.63, 3.8) is 0 Å². The van der Waals surface area contributed by atoms with Crippen LogP contribution in [0.15, 0.2) is 48.5 Å². The molecule has 0 radical (unpaired) electrons. The molecule has 0 saturated carbocycles. The number of hydrogen-bond acceptors (Lipinski definition) is 4. The number of nitrogens with one attached hydrogen (secondary N) is 1. The van der Waals surface area contributed by atoms with Crippen LogP contribution in [0.25, 0.3) is 0 Å². The van der Waals surface area contributed by atoms with Gasteiger partial charge in [-0.2, -0.15) is 0 Å². The van der Waals surface area contributed by atoms with Crippen LogP contribution in [0.2, 0.25) is 0 Å². The van der Waals surface area contributed by atoms with E-state index in [4.69, 9.17) is 5.11 Å². The van der Waals surface area contributed by atoms with E-state index in [1.807, 2.05) is 12.1 Å². The van der Waals surface area contributed by atoms with Crippen LogP contribution in [-0.2, 0) is 6.54 Å². The van der Waals surface area contributed by atoms with Crippen molar-refractivity contribution in [2.75, 3.05) is 18.4 Å². The molecular formula is C17H19N3O2. The molecule has 1 aromatic heterocycles. The first-order valence-corrected chi connectivity index (χ1v) is 7.44. The van der Waals surface area contributed by atoms with E-state index in [-0.39, 0.29) is 5.69 Å². The van der Waals surface area contributed by atoms with Crippen molar-refractivity contribution in [2.45, 2.75) is 19.0 Å². The number of aromatic nitrogens is 1. The topological polar surface area (TPSA) is 65.5 Å². The molecule has 5 nitrogen and oxygen atoms in total. The van der Waals surface area contributed by atoms with Crippen molar-refractivity contribution >= 4 is 11.8 Å². The number of pyridine rings is 1. The van der Waals surface area contributed by atoms with E-state index in [0.29, 0.717) is 11.9 Å². The van der Waals surface area contributed by atoms with Crippen molar-refractivity contribution < 1.29 is 9.90 Å². The molecule has 0 amide bonds. The standard InChI is InChI=1S/C17H19N3O2/c21-17(22)15-7-4-8-16(19-15)18-14-9-10-20(12-14)11-13-5-2-1-3-6-13/h1-8,14H,9-12H2,(H,18,19)(H,21,22). The third-order valence-electron chi connectivity index (χ3n) is 3.84. The quantitative estimate of drug-likeness (QED) is 0.887. The molecule has 2 heterocycles. The maximum atomic E-state index is 10.9. The van der Waals surface area contributed by atoms with Crippen molar-refractivity contribution in [3.8, 4) is 0 Å². The molecule has 0 aliphatic carbocycles. The number of anilines is 1. The zero-order chi connectivity index (χ0) is 15.4. The summed E-state index contributed by atoms with van der Waals surface area (Å²) in [6, 6.07) is 15.8. The molecule has 5 heteroatoms. The van der Waals surface area contributed by atoms with Gasteiger partial charge in [0.1, 0.15) is 5.82 Å². The maximum Gasteiger partial charge on any atom is 0.354 e. The number of nitrogens with zero attached hydrogens (tertiary/aromatic N) is 2. The maximum absolute atomic E-state index is 10.9. The van der Waals surface area contributed by atoms with Gasteiger partial charge < -0.3 is 10.4 Å². The Bertz CT molecular complexity index is 645. The summed E-state index contributed by atoms with van der Waals surface area (Å²) in [7, 11) is 0. The zero-order valence-electron chi connectivity index (χ0n) is 12.3. The largest absolute Gasteiger partial charge is 0.477 e. The van der Waals surface area contributed by atoms with Crippen LogP contribution in [0.5, 0.6) is 0 Å². The molecule has 1 fully saturated rings. The number of carbonyl (C=O) groups is 1. The van der Waals surface area contributed by atoms with Gasteiger partial charge in [-0.1, -0.05) is 36.4 Å². The number of carboxylic acids is 1. The van der Waals surface area contributed by atoms with Gasteiger partial charge in [-0.05, 0) is 24.1 Å². The van der Waals surface area contributed by atoms with E-state index in [1.54, 1.807) is 6.07 Å². The molecule has 0 bridgehead atoms. The van der Waals surface area contributed by atoms with Gasteiger partial charge in [-0.25, -0.2) is 9.78 Å². The van der Waals surface area contributed by atoms with Crippen LogP contribution >= 0.6 is 0 Å². The van der Waals surface area contributed by atoms with Crippen LogP contribution in [0.3, 0.4) is 0 Å². The molecule has 1 aliphatic rings. The van der Waals surface area contributed by atoms with Crippen molar-refractivity contribution in [1.29, 1.82) is 0 Å². The van der Waals surface area contributed by atoms with Crippen LogP contribution in [-0.4, -0.2) is 40.1 Å². The smallest absolute Gasteiger partial charge is 0.354 e. The summed E-state index contributed by atoms with van der Waals surface area (Å²) >= 11 is 0. The van der Waals surface area contributed by atoms with Crippen LogP contribution in [0.4, 0.5) is 5.82 Å². The Hall–Kier alpha value is -2.40. The summed E-state index contributed by atoms with van der Waals surface area (Å²) in [6.45, 7) is 2.92. The lowest BCUT2D eigenvalue weighted by Crippen LogP contribution is -2.26. The molecular weight excluding hydrogens is 278 g/mol. The van der Waals surface area contributed by atoms with E-state index in [0.717, 1.165) is 26.1 Å². The average Bonchev–Trinajstić information content (AvgIpc) is 2.95. The highest BCUT2D eigenvalue weighted by atomic mass is 16.4. The average molecular weight is 297 g/mol. The van der Waals surface area contributed by atoms with Crippen molar-refractivity contribution in [1.82, 2.24) is 9.88 Å². The molecule has 1 aromatic carbocycles. The minimum absolute atomic E-state index is 0.0733. The molecule has 114 valence electrons. The highest BCUT2D eigenvalue weighted by Crippen LogP contribution is 2.17. The third-order valence-corrected chi connectivity index (χ3v) is 3.84. The summed E-state index contributed by atoms with van der Waals surface area (Å²) in [4.78, 5) is 17.5. The minimum atomic E-state index is -0.999. The van der Waals surface area contributed by atoms with E-state index in [1.165, 1.54) is 11.6 Å². The van der Waals surface area contributed by atoms with Crippen molar-refractivity contribution in [3.05, 3.63) is 59.8 Å². The molecule has 1 unspecified atom stereocenters. The van der Waals surface area contributed by atoms with E-state index in [9.17, 15) is 4.79 Å². The summed E-state index contributed by atoms with van der Waals surface area (Å²) in [5.41, 5.74) is 1.39. The van der Waals surface area contributed by atoms with E-state index in [2.05, 4.69) is 39.5 Å². The Balaban J connectivity index is 1.57. The second kappa shape index (κ2) is 6.58. The lowest BCUT2D eigenvalue weighted by molar-refractivity contribution is 0.0690. The van der Waals surface area contributed by atoms with E-state index >= 15 is 0 Å². The number of rotatable bonds is 5. The summed E-state index contributed by atoms with van der Waals surface area (Å²) in [5, 5.41) is 12.3. The fourth-order valence-electron chi connectivity index (χ4n) is 2.78. The first-order valence-electron chi connectivity index (χ1n) is 7.44. The Labute approximate surface area is 129 Å². The first-order chi connectivity index (χ1) is 10.7. The second-order valence-corrected chi connectivity index (χ2v) is 5.56. The normalized spacial score (nSPS) is 18.3. The van der Waals surface area contributed by atoms with Gasteiger partial charge in [0.25, 0.3) is 0 Å². The molecule has 1 saturated heterocycles. The second-order valence-electron chi connectivity index (χ2n) is 5.56. The van der Waals surface area contributed by atoms with Crippen LogP contribution in [0.1, 0.15) is 22.5 Å². The highest BCUT2D eigenvalue weighted by molar-refractivity contribution is 5.85. The monoisotopic (exact) mass is 297 g/mol. The lowest BCUT2D eigenvalue weighted by Gasteiger charge is -2.17. The highest BCUT2D eigenvalue weighted by Gasteiger charge is 2.22. The Kier molecular flexibility index (Phi) is 4.34. The Morgan fingerprint density at radius 2 is 2.05 bits per heavy atom. The van der Waals surface area contributed by atoms with E-state index < -0.39 is 5.97 Å². The fraction of sp³-hybridized carbons (Fsp3) is 0.294.